The minimum Gasteiger partial charge on any atom is -0.480 e. The van der Waals surface area contributed by atoms with Crippen molar-refractivity contribution in [2.75, 3.05) is 0 Å². The summed E-state index contributed by atoms with van der Waals surface area (Å²) in [6, 6.07) is -0.695. The summed E-state index contributed by atoms with van der Waals surface area (Å²) in [5, 5.41) is 8.39. The van der Waals surface area contributed by atoms with E-state index in [9.17, 15) is 4.79 Å². The first-order chi connectivity index (χ1) is 5.18. The van der Waals surface area contributed by atoms with Gasteiger partial charge in [0.05, 0.1) is 0 Å². The van der Waals surface area contributed by atoms with Crippen LogP contribution in [0.2, 0.25) is 0 Å². The molecule has 0 amide bonds. The van der Waals surface area contributed by atoms with Crippen molar-refractivity contribution in [3.05, 3.63) is 12.7 Å². The number of carbonyl (C=O) groups is 1. The number of nitrogens with two attached hydrogens (primary N) is 1. The lowest BCUT2D eigenvalue weighted by Gasteiger charge is -2.03. The van der Waals surface area contributed by atoms with E-state index in [-0.39, 0.29) is 0 Å². The van der Waals surface area contributed by atoms with Crippen LogP contribution in [0.4, 0.5) is 0 Å². The summed E-state index contributed by atoms with van der Waals surface area (Å²) in [6.07, 6.45) is 5.16. The molecule has 11 heavy (non-hydrogen) atoms. The van der Waals surface area contributed by atoms with Crippen LogP contribution in [-0.4, -0.2) is 17.1 Å². The van der Waals surface area contributed by atoms with E-state index < -0.39 is 12.0 Å². The maximum atomic E-state index is 10.2. The maximum absolute atomic E-state index is 10.2. The average molecular weight is 157 g/mol. The Hall–Kier alpha value is -0.830. The Bertz CT molecular complexity index is 134. The smallest absolute Gasteiger partial charge is 0.320 e. The Morgan fingerprint density at radius 3 is 2.73 bits per heavy atom. The standard InChI is InChI=1S/C8H15NO2/c1-2-3-4-5-6-7(9)8(10)11/h2,7H,1,3-6,9H2,(H,10,11). The predicted octanol–water partition coefficient (Wildman–Crippen LogP) is 1.14. The van der Waals surface area contributed by atoms with Crippen LogP contribution in [0, 0.1) is 0 Å². The van der Waals surface area contributed by atoms with Gasteiger partial charge >= 0.3 is 5.97 Å². The van der Waals surface area contributed by atoms with E-state index in [1.54, 1.807) is 0 Å². The molecule has 3 nitrogen and oxygen atoms in total. The number of unbranched alkanes of at least 4 members (excludes halogenated alkanes) is 2. The second-order valence-electron chi connectivity index (χ2n) is 2.52. The molecular weight excluding hydrogens is 142 g/mol. The van der Waals surface area contributed by atoms with E-state index in [4.69, 9.17) is 10.8 Å². The zero-order valence-corrected chi connectivity index (χ0v) is 6.62. The molecular formula is C8H15NO2. The zero-order chi connectivity index (χ0) is 8.69. The van der Waals surface area contributed by atoms with Crippen LogP contribution >= 0.6 is 0 Å². The molecule has 0 rings (SSSR count). The number of allylic oxidation sites excluding steroid dienone is 1. The van der Waals surface area contributed by atoms with Gasteiger partial charge in [-0.05, 0) is 19.3 Å². The number of aliphatic carboxylic acids is 1. The van der Waals surface area contributed by atoms with Gasteiger partial charge in [0.2, 0.25) is 0 Å². The Labute approximate surface area is 66.9 Å². The van der Waals surface area contributed by atoms with Gasteiger partial charge in [0.25, 0.3) is 0 Å². The molecule has 0 aromatic carbocycles. The molecule has 0 fully saturated rings. The van der Waals surface area contributed by atoms with Crippen molar-refractivity contribution in [3.63, 3.8) is 0 Å². The van der Waals surface area contributed by atoms with Gasteiger partial charge in [-0.3, -0.25) is 4.79 Å². The highest BCUT2D eigenvalue weighted by atomic mass is 16.4. The quantitative estimate of drug-likeness (QED) is 0.449. The van der Waals surface area contributed by atoms with Gasteiger partial charge in [0.15, 0.2) is 0 Å². The van der Waals surface area contributed by atoms with Crippen LogP contribution in [0.1, 0.15) is 25.7 Å². The summed E-state index contributed by atoms with van der Waals surface area (Å²) in [6.45, 7) is 3.56. The predicted molar refractivity (Wildman–Crippen MR) is 44.3 cm³/mol. The first-order valence-electron chi connectivity index (χ1n) is 3.77. The SMILES string of the molecule is C=CCCCCC(N)C(=O)O. The van der Waals surface area contributed by atoms with Crippen molar-refractivity contribution >= 4 is 5.97 Å². The topological polar surface area (TPSA) is 63.3 Å². The highest BCUT2D eigenvalue weighted by molar-refractivity contribution is 5.72. The molecule has 0 aromatic rings. The Morgan fingerprint density at radius 1 is 1.64 bits per heavy atom. The average Bonchev–Trinajstić information content (AvgIpc) is 1.97. The molecule has 3 heteroatoms. The van der Waals surface area contributed by atoms with Crippen LogP contribution in [0.3, 0.4) is 0 Å². The van der Waals surface area contributed by atoms with Crippen LogP contribution in [0.5, 0.6) is 0 Å². The number of hydrogen-bond donors (Lipinski definition) is 2. The summed E-state index contributed by atoms with van der Waals surface area (Å²) in [4.78, 5) is 10.2. The fraction of sp³-hybridized carbons (Fsp3) is 0.625. The molecule has 0 radical (unpaired) electrons. The minimum absolute atomic E-state index is 0.559. The largest absolute Gasteiger partial charge is 0.480 e. The van der Waals surface area contributed by atoms with Gasteiger partial charge in [0.1, 0.15) is 6.04 Å². The van der Waals surface area contributed by atoms with Crippen LogP contribution in [-0.2, 0) is 4.79 Å². The molecule has 0 aromatic heterocycles. The molecule has 0 saturated carbocycles. The van der Waals surface area contributed by atoms with Gasteiger partial charge in [-0.1, -0.05) is 12.5 Å². The summed E-state index contributed by atoms with van der Waals surface area (Å²) < 4.78 is 0. The molecule has 1 atom stereocenters. The molecule has 0 saturated heterocycles. The fourth-order valence-electron chi connectivity index (χ4n) is 0.776. The number of carboxylic acids is 1. The van der Waals surface area contributed by atoms with E-state index in [0.29, 0.717) is 6.42 Å². The van der Waals surface area contributed by atoms with Crippen molar-refractivity contribution in [3.8, 4) is 0 Å². The summed E-state index contributed by atoms with van der Waals surface area (Å²) >= 11 is 0. The van der Waals surface area contributed by atoms with E-state index >= 15 is 0 Å². The van der Waals surface area contributed by atoms with Crippen LogP contribution < -0.4 is 5.73 Å². The van der Waals surface area contributed by atoms with E-state index in [2.05, 4.69) is 6.58 Å². The van der Waals surface area contributed by atoms with Crippen molar-refractivity contribution in [1.82, 2.24) is 0 Å². The summed E-state index contributed by atoms with van der Waals surface area (Å²) in [5.74, 6) is -0.913. The Morgan fingerprint density at radius 2 is 2.27 bits per heavy atom. The summed E-state index contributed by atoms with van der Waals surface area (Å²) in [7, 11) is 0. The lowest BCUT2D eigenvalue weighted by Crippen LogP contribution is -2.29. The first kappa shape index (κ1) is 10.2. The molecule has 0 spiro atoms. The van der Waals surface area contributed by atoms with E-state index in [0.717, 1.165) is 19.3 Å². The van der Waals surface area contributed by atoms with Crippen molar-refractivity contribution < 1.29 is 9.90 Å². The molecule has 64 valence electrons. The zero-order valence-electron chi connectivity index (χ0n) is 6.62. The van der Waals surface area contributed by atoms with Crippen molar-refractivity contribution in [1.29, 1.82) is 0 Å². The molecule has 1 unspecified atom stereocenters. The molecule has 0 heterocycles. The lowest BCUT2D eigenvalue weighted by atomic mass is 10.1. The third-order valence-electron chi connectivity index (χ3n) is 1.49. The second kappa shape index (κ2) is 5.92. The van der Waals surface area contributed by atoms with E-state index in [1.807, 2.05) is 6.08 Å². The monoisotopic (exact) mass is 157 g/mol. The Kier molecular flexibility index (Phi) is 5.47. The van der Waals surface area contributed by atoms with Crippen LogP contribution in [0.15, 0.2) is 12.7 Å². The molecule has 0 aliphatic carbocycles. The van der Waals surface area contributed by atoms with Crippen molar-refractivity contribution in [2.24, 2.45) is 5.73 Å². The van der Waals surface area contributed by atoms with Gasteiger partial charge in [-0.25, -0.2) is 0 Å². The number of carboxylic acid groups (broad SMARTS) is 1. The molecule has 0 bridgehead atoms. The van der Waals surface area contributed by atoms with Crippen LogP contribution in [0.25, 0.3) is 0 Å². The highest BCUT2D eigenvalue weighted by Crippen LogP contribution is 2.02. The highest BCUT2D eigenvalue weighted by Gasteiger charge is 2.09. The van der Waals surface area contributed by atoms with Gasteiger partial charge in [0, 0.05) is 0 Å². The Balaban J connectivity index is 3.24. The molecule has 0 aliphatic heterocycles. The van der Waals surface area contributed by atoms with Gasteiger partial charge in [-0.15, -0.1) is 6.58 Å². The summed E-state index contributed by atoms with van der Waals surface area (Å²) in [5.41, 5.74) is 5.27. The third kappa shape index (κ3) is 5.61. The number of hydrogen-bond acceptors (Lipinski definition) is 2. The molecule has 3 N–H and O–H groups in total. The van der Waals surface area contributed by atoms with E-state index in [1.165, 1.54) is 0 Å². The lowest BCUT2D eigenvalue weighted by molar-refractivity contribution is -0.138. The first-order valence-corrected chi connectivity index (χ1v) is 3.77. The maximum Gasteiger partial charge on any atom is 0.320 e. The minimum atomic E-state index is -0.913. The van der Waals surface area contributed by atoms with Gasteiger partial charge < -0.3 is 10.8 Å². The number of rotatable bonds is 6. The molecule has 0 aliphatic rings. The third-order valence-corrected chi connectivity index (χ3v) is 1.49. The normalized spacial score (nSPS) is 12.5. The second-order valence-corrected chi connectivity index (χ2v) is 2.52. The fourth-order valence-corrected chi connectivity index (χ4v) is 0.776. The van der Waals surface area contributed by atoms with Gasteiger partial charge in [-0.2, -0.15) is 0 Å². The van der Waals surface area contributed by atoms with Crippen molar-refractivity contribution in [2.45, 2.75) is 31.7 Å².